The quantitative estimate of drug-likeness (QED) is 0.895. The number of aromatic hydroxyl groups is 1. The molecule has 0 aliphatic carbocycles. The summed E-state index contributed by atoms with van der Waals surface area (Å²) in [6.07, 6.45) is 0. The van der Waals surface area contributed by atoms with E-state index in [0.29, 0.717) is 22.5 Å². The van der Waals surface area contributed by atoms with Crippen molar-refractivity contribution in [2.75, 3.05) is 12.4 Å². The van der Waals surface area contributed by atoms with E-state index in [2.05, 4.69) is 21.2 Å². The number of benzene rings is 2. The monoisotopic (exact) mass is 325 g/mol. The fourth-order valence-corrected chi connectivity index (χ4v) is 1.89. The van der Waals surface area contributed by atoms with Gasteiger partial charge in [-0.2, -0.15) is 0 Å². The number of nitrogens with one attached hydrogen (secondary N) is 1. The minimum atomic E-state index is -0.312. The summed E-state index contributed by atoms with van der Waals surface area (Å²) >= 11 is 3.11. The van der Waals surface area contributed by atoms with Crippen LogP contribution in [0.1, 0.15) is 5.56 Å². The Bertz CT molecular complexity index is 590. The molecular formula is C14H13BrFNO2. The Morgan fingerprint density at radius 2 is 2.05 bits per heavy atom. The summed E-state index contributed by atoms with van der Waals surface area (Å²) in [5, 5.41) is 12.6. The van der Waals surface area contributed by atoms with Gasteiger partial charge in [-0.1, -0.05) is 6.07 Å². The predicted molar refractivity (Wildman–Crippen MR) is 76.1 cm³/mol. The van der Waals surface area contributed by atoms with Crippen LogP contribution in [0.5, 0.6) is 11.5 Å². The van der Waals surface area contributed by atoms with Gasteiger partial charge in [0.1, 0.15) is 5.82 Å². The number of rotatable bonds is 4. The van der Waals surface area contributed by atoms with E-state index in [0.717, 1.165) is 5.56 Å². The zero-order valence-electron chi connectivity index (χ0n) is 10.3. The fourth-order valence-electron chi connectivity index (χ4n) is 1.64. The van der Waals surface area contributed by atoms with Gasteiger partial charge in [0.25, 0.3) is 0 Å². The molecule has 2 N–H and O–H groups in total. The minimum absolute atomic E-state index is 0.0981. The number of hydrogen-bond donors (Lipinski definition) is 2. The third-order valence-electron chi connectivity index (χ3n) is 2.66. The molecule has 0 aliphatic heterocycles. The van der Waals surface area contributed by atoms with Crippen LogP contribution in [0.25, 0.3) is 0 Å². The first-order valence-corrected chi connectivity index (χ1v) is 6.44. The lowest BCUT2D eigenvalue weighted by molar-refractivity contribution is 0.373. The van der Waals surface area contributed by atoms with Crippen LogP contribution in [0, 0.1) is 5.82 Å². The van der Waals surface area contributed by atoms with Crippen LogP contribution in [0.4, 0.5) is 10.1 Å². The zero-order chi connectivity index (χ0) is 13.8. The van der Waals surface area contributed by atoms with Crippen molar-refractivity contribution < 1.29 is 14.2 Å². The van der Waals surface area contributed by atoms with Crippen molar-refractivity contribution in [2.24, 2.45) is 0 Å². The Morgan fingerprint density at radius 1 is 1.26 bits per heavy atom. The molecule has 0 spiro atoms. The van der Waals surface area contributed by atoms with Crippen LogP contribution in [0.15, 0.2) is 40.9 Å². The third-order valence-corrected chi connectivity index (χ3v) is 3.30. The van der Waals surface area contributed by atoms with Crippen molar-refractivity contribution in [1.29, 1.82) is 0 Å². The average Bonchev–Trinajstić information content (AvgIpc) is 2.41. The maximum absolute atomic E-state index is 13.3. The Morgan fingerprint density at radius 3 is 2.74 bits per heavy atom. The van der Waals surface area contributed by atoms with Crippen LogP contribution in [0.3, 0.4) is 0 Å². The Hall–Kier alpha value is -1.75. The summed E-state index contributed by atoms with van der Waals surface area (Å²) in [5.41, 5.74) is 1.62. The lowest BCUT2D eigenvalue weighted by atomic mass is 10.2. The first-order chi connectivity index (χ1) is 9.10. The molecule has 5 heteroatoms. The number of hydrogen-bond acceptors (Lipinski definition) is 3. The second-order valence-corrected chi connectivity index (χ2v) is 4.84. The molecule has 3 nitrogen and oxygen atoms in total. The first-order valence-electron chi connectivity index (χ1n) is 5.65. The van der Waals surface area contributed by atoms with Gasteiger partial charge in [-0.15, -0.1) is 0 Å². The van der Waals surface area contributed by atoms with Crippen molar-refractivity contribution in [1.82, 2.24) is 0 Å². The van der Waals surface area contributed by atoms with Crippen LogP contribution < -0.4 is 10.1 Å². The highest BCUT2D eigenvalue weighted by Crippen LogP contribution is 2.27. The number of phenolic OH excluding ortho intramolecular Hbond substituents is 1. The van der Waals surface area contributed by atoms with Gasteiger partial charge in [-0.05, 0) is 51.8 Å². The van der Waals surface area contributed by atoms with Crippen molar-refractivity contribution in [3.8, 4) is 11.5 Å². The van der Waals surface area contributed by atoms with Crippen LogP contribution in [-0.2, 0) is 6.54 Å². The number of ether oxygens (including phenoxy) is 1. The maximum Gasteiger partial charge on any atom is 0.160 e. The summed E-state index contributed by atoms with van der Waals surface area (Å²) in [4.78, 5) is 0. The van der Waals surface area contributed by atoms with E-state index < -0.39 is 0 Å². The molecule has 0 fully saturated rings. The van der Waals surface area contributed by atoms with E-state index in [1.54, 1.807) is 30.3 Å². The van der Waals surface area contributed by atoms with Crippen LogP contribution in [0.2, 0.25) is 0 Å². The summed E-state index contributed by atoms with van der Waals surface area (Å²) in [7, 11) is 1.50. The second kappa shape index (κ2) is 5.93. The van der Waals surface area contributed by atoms with Gasteiger partial charge in [0, 0.05) is 12.2 Å². The largest absolute Gasteiger partial charge is 0.504 e. The minimum Gasteiger partial charge on any atom is -0.504 e. The summed E-state index contributed by atoms with van der Waals surface area (Å²) in [6, 6.07) is 9.93. The predicted octanol–water partition coefficient (Wildman–Crippen LogP) is 3.91. The second-order valence-electron chi connectivity index (χ2n) is 3.99. The molecule has 0 bridgehead atoms. The van der Waals surface area contributed by atoms with E-state index in [9.17, 15) is 9.50 Å². The molecule has 0 aromatic heterocycles. The Balaban J connectivity index is 2.07. The summed E-state index contributed by atoms with van der Waals surface area (Å²) < 4.78 is 18.8. The molecule has 0 aliphatic rings. The Labute approximate surface area is 119 Å². The number of halogens is 2. The van der Waals surface area contributed by atoms with Gasteiger partial charge in [-0.25, -0.2) is 4.39 Å². The molecule has 100 valence electrons. The van der Waals surface area contributed by atoms with Gasteiger partial charge >= 0.3 is 0 Å². The van der Waals surface area contributed by atoms with Crippen molar-refractivity contribution in [3.05, 3.63) is 52.3 Å². The molecule has 0 radical (unpaired) electrons. The molecule has 2 aromatic carbocycles. The lowest BCUT2D eigenvalue weighted by Crippen LogP contribution is -2.00. The van der Waals surface area contributed by atoms with E-state index >= 15 is 0 Å². The zero-order valence-corrected chi connectivity index (χ0v) is 11.9. The molecular weight excluding hydrogens is 313 g/mol. The highest BCUT2D eigenvalue weighted by atomic mass is 79.9. The standard InChI is InChI=1S/C14H13BrFNO2/c1-19-14-6-9(2-5-13(14)18)8-17-10-3-4-11(15)12(16)7-10/h2-7,17-18H,8H2,1H3. The van der Waals surface area contributed by atoms with Crippen molar-refractivity contribution in [2.45, 2.75) is 6.54 Å². The van der Waals surface area contributed by atoms with Crippen LogP contribution >= 0.6 is 15.9 Å². The molecule has 0 heterocycles. The van der Waals surface area contributed by atoms with Crippen molar-refractivity contribution in [3.63, 3.8) is 0 Å². The van der Waals surface area contributed by atoms with Gasteiger partial charge in [-0.3, -0.25) is 0 Å². The van der Waals surface area contributed by atoms with Gasteiger partial charge in [0.15, 0.2) is 11.5 Å². The molecule has 0 atom stereocenters. The third kappa shape index (κ3) is 3.38. The molecule has 0 amide bonds. The maximum atomic E-state index is 13.3. The van der Waals surface area contributed by atoms with E-state index in [1.165, 1.54) is 13.2 Å². The number of methoxy groups -OCH3 is 1. The summed E-state index contributed by atoms with van der Waals surface area (Å²) in [6.45, 7) is 0.512. The molecule has 2 rings (SSSR count). The van der Waals surface area contributed by atoms with E-state index in [1.807, 2.05) is 0 Å². The topological polar surface area (TPSA) is 41.5 Å². The molecule has 19 heavy (non-hydrogen) atoms. The number of phenols is 1. The molecule has 2 aromatic rings. The highest BCUT2D eigenvalue weighted by Gasteiger charge is 2.04. The SMILES string of the molecule is COc1cc(CNc2ccc(Br)c(F)c2)ccc1O. The van der Waals surface area contributed by atoms with Gasteiger partial charge in [0.05, 0.1) is 11.6 Å². The lowest BCUT2D eigenvalue weighted by Gasteiger charge is -2.09. The van der Waals surface area contributed by atoms with Crippen LogP contribution in [-0.4, -0.2) is 12.2 Å². The van der Waals surface area contributed by atoms with E-state index in [4.69, 9.17) is 4.74 Å². The van der Waals surface area contributed by atoms with Gasteiger partial charge < -0.3 is 15.2 Å². The van der Waals surface area contributed by atoms with Crippen molar-refractivity contribution >= 4 is 21.6 Å². The molecule has 0 unspecified atom stereocenters. The first kappa shape index (κ1) is 13.7. The number of anilines is 1. The van der Waals surface area contributed by atoms with E-state index in [-0.39, 0.29) is 11.6 Å². The van der Waals surface area contributed by atoms with Gasteiger partial charge in [0.2, 0.25) is 0 Å². The highest BCUT2D eigenvalue weighted by molar-refractivity contribution is 9.10. The average molecular weight is 326 g/mol. The smallest absolute Gasteiger partial charge is 0.160 e. The summed E-state index contributed by atoms with van der Waals surface area (Å²) in [5.74, 6) is 0.204. The normalized spacial score (nSPS) is 10.3. The Kier molecular flexibility index (Phi) is 4.27. The molecule has 0 saturated heterocycles. The fraction of sp³-hybridized carbons (Fsp3) is 0.143. The molecule has 0 saturated carbocycles.